The lowest BCUT2D eigenvalue weighted by atomic mass is 10.3. The topological polar surface area (TPSA) is 84.2 Å². The average molecular weight is 359 g/mol. The first kappa shape index (κ1) is 17.6. The van der Waals surface area contributed by atoms with Crippen LogP contribution in [0.3, 0.4) is 0 Å². The van der Waals surface area contributed by atoms with Crippen LogP contribution in [0.4, 0.5) is 5.95 Å². The molecule has 0 aromatic carbocycles. The highest BCUT2D eigenvalue weighted by molar-refractivity contribution is 7.87. The minimum atomic E-state index is -3.57. The largest absolute Gasteiger partial charge is 0.332 e. The molecular weight excluding hydrogens is 340 g/mol. The van der Waals surface area contributed by atoms with Crippen molar-refractivity contribution in [3.05, 3.63) is 35.6 Å². The predicted molar refractivity (Wildman–Crippen MR) is 88.6 cm³/mol. The molecule has 0 saturated heterocycles. The Kier molecular flexibility index (Phi) is 5.23. The van der Waals surface area contributed by atoms with Crippen molar-refractivity contribution in [3.8, 4) is 0 Å². The van der Waals surface area contributed by atoms with E-state index in [1.807, 2.05) is 18.7 Å². The second-order valence-corrected chi connectivity index (χ2v) is 7.82. The Bertz CT molecular complexity index is 774. The van der Waals surface area contributed by atoms with Crippen LogP contribution in [0.5, 0.6) is 0 Å². The highest BCUT2D eigenvalue weighted by Crippen LogP contribution is 2.17. The van der Waals surface area contributed by atoms with Crippen molar-refractivity contribution >= 4 is 27.8 Å². The van der Waals surface area contributed by atoms with Gasteiger partial charge in [0.05, 0.1) is 12.2 Å². The van der Waals surface area contributed by atoms with Crippen molar-refractivity contribution in [3.63, 3.8) is 0 Å². The molecule has 0 aliphatic rings. The Hall–Kier alpha value is -1.71. The maximum Gasteiger partial charge on any atom is 0.308 e. The summed E-state index contributed by atoms with van der Waals surface area (Å²) in [6, 6.07) is 1.69. The fraction of sp³-hybridized carbons (Fsp3) is 0.462. The van der Waals surface area contributed by atoms with E-state index in [0.717, 1.165) is 8.28 Å². The van der Waals surface area contributed by atoms with Gasteiger partial charge in [0.2, 0.25) is 5.95 Å². The van der Waals surface area contributed by atoms with Crippen LogP contribution in [-0.4, -0.2) is 51.8 Å². The molecule has 2 rings (SSSR count). The summed E-state index contributed by atoms with van der Waals surface area (Å²) in [6.45, 7) is 4.34. The van der Waals surface area contributed by atoms with E-state index in [4.69, 9.17) is 11.6 Å². The Labute approximate surface area is 140 Å². The Balaban J connectivity index is 2.27. The van der Waals surface area contributed by atoms with Gasteiger partial charge in [-0.2, -0.15) is 12.7 Å². The van der Waals surface area contributed by atoms with Gasteiger partial charge in [-0.3, -0.25) is 0 Å². The molecule has 0 radical (unpaired) electrons. The first-order valence-corrected chi connectivity index (χ1v) is 8.70. The van der Waals surface area contributed by atoms with Crippen LogP contribution in [-0.2, 0) is 16.8 Å². The summed E-state index contributed by atoms with van der Waals surface area (Å²) in [5.74, 6) is 0.470. The minimum Gasteiger partial charge on any atom is -0.332 e. The fourth-order valence-electron chi connectivity index (χ4n) is 1.87. The first-order chi connectivity index (χ1) is 10.7. The second-order valence-electron chi connectivity index (χ2n) is 5.39. The molecule has 0 bridgehead atoms. The van der Waals surface area contributed by atoms with E-state index in [-0.39, 0.29) is 6.04 Å². The number of hydrogen-bond donors (Lipinski definition) is 0. The van der Waals surface area contributed by atoms with Crippen molar-refractivity contribution in [1.82, 2.24) is 23.2 Å². The van der Waals surface area contributed by atoms with Crippen LogP contribution in [0.25, 0.3) is 0 Å². The van der Waals surface area contributed by atoms with Gasteiger partial charge in [-0.05, 0) is 19.9 Å². The van der Waals surface area contributed by atoms with E-state index in [1.54, 1.807) is 12.3 Å². The molecule has 0 amide bonds. The van der Waals surface area contributed by atoms with Crippen LogP contribution in [0, 0.1) is 0 Å². The summed E-state index contributed by atoms with van der Waals surface area (Å²) < 4.78 is 26.4. The van der Waals surface area contributed by atoms with E-state index in [0.29, 0.717) is 23.3 Å². The van der Waals surface area contributed by atoms with Crippen LogP contribution < -0.4 is 4.90 Å². The normalized spacial score (nSPS) is 12.1. The molecule has 10 heteroatoms. The molecule has 0 unspecified atom stereocenters. The summed E-state index contributed by atoms with van der Waals surface area (Å²) in [5.41, 5.74) is 0.590. The van der Waals surface area contributed by atoms with Gasteiger partial charge in [0.25, 0.3) is 0 Å². The first-order valence-electron chi connectivity index (χ1n) is 6.93. The number of halogens is 1. The zero-order valence-electron chi connectivity index (χ0n) is 13.4. The summed E-state index contributed by atoms with van der Waals surface area (Å²) >= 11 is 5.91. The fourth-order valence-corrected chi connectivity index (χ4v) is 2.80. The molecule has 0 fully saturated rings. The van der Waals surface area contributed by atoms with Crippen LogP contribution in [0.1, 0.15) is 19.5 Å². The molecule has 23 heavy (non-hydrogen) atoms. The number of anilines is 1. The Morgan fingerprint density at radius 3 is 2.57 bits per heavy atom. The Morgan fingerprint density at radius 2 is 2.00 bits per heavy atom. The number of imidazole rings is 1. The highest BCUT2D eigenvalue weighted by Gasteiger charge is 2.19. The van der Waals surface area contributed by atoms with Gasteiger partial charge in [0.15, 0.2) is 0 Å². The average Bonchev–Trinajstić information content (AvgIpc) is 2.93. The number of nitrogens with zero attached hydrogens (tertiary/aromatic N) is 6. The molecule has 0 spiro atoms. The number of aromatic nitrogens is 4. The third kappa shape index (κ3) is 3.98. The smallest absolute Gasteiger partial charge is 0.308 e. The molecule has 0 N–H and O–H groups in total. The molecule has 0 saturated carbocycles. The molecule has 0 atom stereocenters. The summed E-state index contributed by atoms with van der Waals surface area (Å²) in [6.07, 6.45) is 4.34. The maximum atomic E-state index is 12.1. The highest BCUT2D eigenvalue weighted by atomic mass is 35.5. The number of hydrogen-bond acceptors (Lipinski definition) is 6. The monoisotopic (exact) mass is 358 g/mol. The quantitative estimate of drug-likeness (QED) is 0.726. The van der Waals surface area contributed by atoms with Crippen molar-refractivity contribution in [1.29, 1.82) is 0 Å². The SMILES string of the molecule is CC(C)N(Cc1cn(S(=O)(=O)N(C)C)cn1)c1nccc(Cl)n1. The van der Waals surface area contributed by atoms with Crippen molar-refractivity contribution in [2.45, 2.75) is 26.4 Å². The molecule has 2 aromatic rings. The maximum absolute atomic E-state index is 12.1. The van der Waals surface area contributed by atoms with Crippen LogP contribution in [0.15, 0.2) is 24.8 Å². The van der Waals surface area contributed by atoms with Gasteiger partial charge < -0.3 is 4.90 Å². The summed E-state index contributed by atoms with van der Waals surface area (Å²) in [7, 11) is -0.632. The standard InChI is InChI=1S/C13H19ClN6O2S/c1-10(2)20(13-15-6-5-12(14)17-13)8-11-7-19(9-16-11)23(21,22)18(3)4/h5-7,9-10H,8H2,1-4H3. The lowest BCUT2D eigenvalue weighted by Crippen LogP contribution is -2.32. The Morgan fingerprint density at radius 1 is 1.30 bits per heavy atom. The van der Waals surface area contributed by atoms with Gasteiger partial charge in [-0.25, -0.2) is 18.9 Å². The van der Waals surface area contributed by atoms with Crippen molar-refractivity contribution in [2.24, 2.45) is 0 Å². The van der Waals surface area contributed by atoms with Crippen LogP contribution in [0.2, 0.25) is 5.15 Å². The van der Waals surface area contributed by atoms with Gasteiger partial charge in [-0.15, -0.1) is 0 Å². The molecule has 8 nitrogen and oxygen atoms in total. The lowest BCUT2D eigenvalue weighted by Gasteiger charge is -2.25. The van der Waals surface area contributed by atoms with Crippen molar-refractivity contribution in [2.75, 3.05) is 19.0 Å². The van der Waals surface area contributed by atoms with E-state index in [2.05, 4.69) is 15.0 Å². The third-order valence-electron chi connectivity index (χ3n) is 3.16. The zero-order valence-corrected chi connectivity index (χ0v) is 15.0. The van der Waals surface area contributed by atoms with Gasteiger partial charge in [-0.1, -0.05) is 11.6 Å². The van der Waals surface area contributed by atoms with Crippen molar-refractivity contribution < 1.29 is 8.42 Å². The molecule has 2 aromatic heterocycles. The van der Waals surface area contributed by atoms with Gasteiger partial charge >= 0.3 is 10.2 Å². The zero-order chi connectivity index (χ0) is 17.2. The lowest BCUT2D eigenvalue weighted by molar-refractivity contribution is 0.510. The number of rotatable bonds is 6. The predicted octanol–water partition coefficient (Wildman–Crippen LogP) is 1.40. The van der Waals surface area contributed by atoms with E-state index in [9.17, 15) is 8.42 Å². The molecule has 0 aliphatic carbocycles. The minimum absolute atomic E-state index is 0.0871. The van der Waals surface area contributed by atoms with Gasteiger partial charge in [0.1, 0.15) is 11.5 Å². The van der Waals surface area contributed by atoms with E-state index in [1.165, 1.54) is 26.6 Å². The molecule has 2 heterocycles. The summed E-state index contributed by atoms with van der Waals surface area (Å²) in [5, 5.41) is 0.348. The van der Waals surface area contributed by atoms with E-state index >= 15 is 0 Å². The molecule has 0 aliphatic heterocycles. The summed E-state index contributed by atoms with van der Waals surface area (Å²) in [4.78, 5) is 14.5. The van der Waals surface area contributed by atoms with Gasteiger partial charge in [0, 0.05) is 32.5 Å². The second kappa shape index (κ2) is 6.81. The molecular formula is C13H19ClN6O2S. The van der Waals surface area contributed by atoms with E-state index < -0.39 is 10.2 Å². The molecule has 126 valence electrons. The van der Waals surface area contributed by atoms with Crippen LogP contribution >= 0.6 is 11.6 Å². The third-order valence-corrected chi connectivity index (χ3v) is 5.03.